The lowest BCUT2D eigenvalue weighted by Crippen LogP contribution is -2.06. The summed E-state index contributed by atoms with van der Waals surface area (Å²) in [5.41, 5.74) is -0.804. The molecule has 6 heteroatoms. The maximum absolute atomic E-state index is 12.2. The van der Waals surface area contributed by atoms with E-state index in [2.05, 4.69) is 5.10 Å². The Bertz CT molecular complexity index is 303. The molecule has 0 N–H and O–H groups in total. The first-order valence-corrected chi connectivity index (χ1v) is 5.84. The van der Waals surface area contributed by atoms with Gasteiger partial charge in [-0.25, -0.2) is 10.9 Å². The van der Waals surface area contributed by atoms with Gasteiger partial charge >= 0.3 is 6.18 Å². The second kappa shape index (κ2) is 3.25. The smallest absolute Gasteiger partial charge is 0.263 e. The van der Waals surface area contributed by atoms with Crippen molar-refractivity contribution in [3.05, 3.63) is 11.8 Å². The van der Waals surface area contributed by atoms with E-state index in [9.17, 15) is 13.2 Å². The first-order chi connectivity index (χ1) is 5.82. The quantitative estimate of drug-likeness (QED) is 0.705. The van der Waals surface area contributed by atoms with Gasteiger partial charge in [-0.05, 0) is 12.5 Å². The van der Waals surface area contributed by atoms with E-state index in [0.717, 1.165) is 6.07 Å². The van der Waals surface area contributed by atoms with Crippen LogP contribution in [0.25, 0.3) is 0 Å². The SMILES string of the molecule is Cn1nc(C(F)(F)F)cc1[SH](C)C. The van der Waals surface area contributed by atoms with E-state index in [1.165, 1.54) is 11.7 Å². The second-order valence-corrected chi connectivity index (χ2v) is 5.15. The minimum Gasteiger partial charge on any atom is -0.263 e. The zero-order valence-corrected chi connectivity index (χ0v) is 8.45. The summed E-state index contributed by atoms with van der Waals surface area (Å²) in [4.78, 5) is 0. The second-order valence-electron chi connectivity index (χ2n) is 2.90. The minimum atomic E-state index is -4.33. The Balaban J connectivity index is 3.10. The van der Waals surface area contributed by atoms with Crippen LogP contribution in [0.15, 0.2) is 11.1 Å². The maximum atomic E-state index is 12.2. The molecule has 0 aromatic carbocycles. The van der Waals surface area contributed by atoms with E-state index >= 15 is 0 Å². The number of aryl methyl sites for hydroxylation is 1. The lowest BCUT2D eigenvalue weighted by molar-refractivity contribution is -0.141. The molecule has 0 bridgehead atoms. The van der Waals surface area contributed by atoms with Gasteiger partial charge in [-0.15, -0.1) is 0 Å². The van der Waals surface area contributed by atoms with E-state index in [1.807, 2.05) is 12.5 Å². The Morgan fingerprint density at radius 1 is 1.38 bits per heavy atom. The maximum Gasteiger partial charge on any atom is 0.435 e. The van der Waals surface area contributed by atoms with Crippen LogP contribution in [-0.4, -0.2) is 22.3 Å². The van der Waals surface area contributed by atoms with Crippen molar-refractivity contribution >= 4 is 10.9 Å². The van der Waals surface area contributed by atoms with Crippen molar-refractivity contribution in [3.8, 4) is 0 Å². The molecule has 0 spiro atoms. The number of rotatable bonds is 1. The number of aromatic nitrogens is 2. The van der Waals surface area contributed by atoms with Crippen molar-refractivity contribution in [2.45, 2.75) is 11.2 Å². The van der Waals surface area contributed by atoms with Crippen molar-refractivity contribution in [1.82, 2.24) is 9.78 Å². The van der Waals surface area contributed by atoms with E-state index in [4.69, 9.17) is 0 Å². The van der Waals surface area contributed by atoms with Gasteiger partial charge in [0, 0.05) is 13.1 Å². The molecule has 1 heterocycles. The van der Waals surface area contributed by atoms with E-state index < -0.39 is 22.8 Å². The van der Waals surface area contributed by atoms with Crippen LogP contribution in [0.1, 0.15) is 5.69 Å². The lowest BCUT2D eigenvalue weighted by atomic mass is 10.4. The largest absolute Gasteiger partial charge is 0.435 e. The molecule has 0 fully saturated rings. The molecule has 1 aromatic heterocycles. The van der Waals surface area contributed by atoms with Crippen LogP contribution < -0.4 is 0 Å². The zero-order valence-electron chi connectivity index (χ0n) is 7.55. The number of nitrogens with zero attached hydrogens (tertiary/aromatic N) is 2. The molecule has 76 valence electrons. The number of hydrogen-bond acceptors (Lipinski definition) is 1. The Morgan fingerprint density at radius 3 is 2.15 bits per heavy atom. The average Bonchev–Trinajstić information content (AvgIpc) is 2.29. The van der Waals surface area contributed by atoms with E-state index in [1.54, 1.807) is 0 Å². The van der Waals surface area contributed by atoms with Gasteiger partial charge in [-0.1, -0.05) is 0 Å². The summed E-state index contributed by atoms with van der Waals surface area (Å²) in [6, 6.07) is 1.12. The number of halogens is 3. The third-order valence-corrected chi connectivity index (χ3v) is 2.94. The Labute approximate surface area is 77.1 Å². The predicted octanol–water partition coefficient (Wildman–Crippen LogP) is 2.06. The summed E-state index contributed by atoms with van der Waals surface area (Å²) in [6.45, 7) is 0. The molecule has 1 aromatic rings. The van der Waals surface area contributed by atoms with Crippen molar-refractivity contribution in [2.75, 3.05) is 12.5 Å². The molecular formula is C7H11F3N2S. The summed E-state index contributed by atoms with van der Waals surface area (Å²) in [7, 11) is 0.992. The fourth-order valence-corrected chi connectivity index (χ4v) is 2.02. The fraction of sp³-hybridized carbons (Fsp3) is 0.571. The number of hydrogen-bond donors (Lipinski definition) is 1. The van der Waals surface area contributed by atoms with Gasteiger partial charge in [0.2, 0.25) is 0 Å². The topological polar surface area (TPSA) is 17.8 Å². The Hall–Kier alpha value is -0.650. The molecule has 0 amide bonds. The van der Waals surface area contributed by atoms with Crippen LogP contribution in [0.5, 0.6) is 0 Å². The molecule has 1 rings (SSSR count). The Morgan fingerprint density at radius 2 is 1.92 bits per heavy atom. The van der Waals surface area contributed by atoms with Gasteiger partial charge in [0.15, 0.2) is 5.69 Å². The lowest BCUT2D eigenvalue weighted by Gasteiger charge is -2.07. The van der Waals surface area contributed by atoms with Crippen molar-refractivity contribution in [1.29, 1.82) is 0 Å². The molecule has 0 saturated heterocycles. The van der Waals surface area contributed by atoms with Crippen molar-refractivity contribution in [2.24, 2.45) is 7.05 Å². The zero-order chi connectivity index (χ0) is 10.2. The van der Waals surface area contributed by atoms with Gasteiger partial charge in [0.05, 0.1) is 5.03 Å². The van der Waals surface area contributed by atoms with Gasteiger partial charge in [-0.2, -0.15) is 18.3 Å². The molecule has 0 saturated carbocycles. The molecule has 0 aliphatic rings. The Kier molecular flexibility index (Phi) is 2.61. The van der Waals surface area contributed by atoms with Crippen molar-refractivity contribution in [3.63, 3.8) is 0 Å². The van der Waals surface area contributed by atoms with Gasteiger partial charge < -0.3 is 0 Å². The summed E-state index contributed by atoms with van der Waals surface area (Å²) in [5.74, 6) is 0. The van der Waals surface area contributed by atoms with Crippen LogP contribution in [0.3, 0.4) is 0 Å². The molecular weight excluding hydrogens is 201 g/mol. The monoisotopic (exact) mass is 212 g/mol. The van der Waals surface area contributed by atoms with E-state index in [0.29, 0.717) is 5.03 Å². The predicted molar refractivity (Wildman–Crippen MR) is 47.3 cm³/mol. The highest BCUT2D eigenvalue weighted by atomic mass is 32.2. The molecule has 0 aliphatic carbocycles. The van der Waals surface area contributed by atoms with Crippen molar-refractivity contribution < 1.29 is 13.2 Å². The highest BCUT2D eigenvalue weighted by Gasteiger charge is 2.34. The first-order valence-electron chi connectivity index (χ1n) is 3.61. The minimum absolute atomic E-state index is 0.542. The van der Waals surface area contributed by atoms with Crippen LogP contribution >= 0.6 is 10.9 Å². The molecule has 13 heavy (non-hydrogen) atoms. The summed E-state index contributed by atoms with van der Waals surface area (Å²) >= 11 is 0. The van der Waals surface area contributed by atoms with Crippen LogP contribution in [0, 0.1) is 0 Å². The van der Waals surface area contributed by atoms with Gasteiger partial charge in [0.1, 0.15) is 0 Å². The third kappa shape index (κ3) is 2.18. The van der Waals surface area contributed by atoms with Gasteiger partial charge in [-0.3, -0.25) is 4.68 Å². The first kappa shape index (κ1) is 10.4. The average molecular weight is 212 g/mol. The highest BCUT2D eigenvalue weighted by Crippen LogP contribution is 2.34. The molecule has 0 radical (unpaired) electrons. The van der Waals surface area contributed by atoms with Crippen LogP contribution in [0.2, 0.25) is 0 Å². The molecule has 0 unspecified atom stereocenters. The summed E-state index contributed by atoms with van der Waals surface area (Å²) in [5, 5.41) is 4.07. The number of alkyl halides is 3. The van der Waals surface area contributed by atoms with Crippen LogP contribution in [0.4, 0.5) is 13.2 Å². The summed E-state index contributed by atoms with van der Waals surface area (Å²) in [6.07, 6.45) is -0.541. The molecule has 2 nitrogen and oxygen atoms in total. The van der Waals surface area contributed by atoms with E-state index in [-0.39, 0.29) is 0 Å². The third-order valence-electron chi connectivity index (χ3n) is 1.60. The normalized spacial score (nSPS) is 13.2. The molecule has 0 aliphatic heterocycles. The van der Waals surface area contributed by atoms with Crippen LogP contribution in [-0.2, 0) is 13.2 Å². The fourth-order valence-electron chi connectivity index (χ4n) is 1.01. The highest BCUT2D eigenvalue weighted by molar-refractivity contribution is 8.15. The standard InChI is InChI=1S/C7H11F3N2S/c1-12-6(13(2)3)4-5(11-12)7(8,9)10/h4,13H,1-3H3. The molecule has 0 atom stereocenters. The summed E-state index contributed by atoms with van der Waals surface area (Å²) < 4.78 is 37.8. The number of thiol groups is 1. The van der Waals surface area contributed by atoms with Gasteiger partial charge in [0.25, 0.3) is 0 Å².